The first kappa shape index (κ1) is 13.5. The molecule has 0 aromatic rings. The molecule has 0 spiro atoms. The Kier molecular flexibility index (Phi) is 5.79. The molecule has 5 nitrogen and oxygen atoms in total. The maximum absolute atomic E-state index is 10.7. The first-order valence-electron chi connectivity index (χ1n) is 5.43. The lowest BCUT2D eigenvalue weighted by molar-refractivity contribution is 0.0263. The van der Waals surface area contributed by atoms with Gasteiger partial charge in [-0.3, -0.25) is 0 Å². The number of carbonyl (C=O) groups is 1. The summed E-state index contributed by atoms with van der Waals surface area (Å²) in [4.78, 5) is 10.7. The minimum atomic E-state index is -0.660. The van der Waals surface area contributed by atoms with Crippen molar-refractivity contribution in [2.24, 2.45) is 0 Å². The van der Waals surface area contributed by atoms with Crippen molar-refractivity contribution in [3.8, 4) is 0 Å². The maximum Gasteiger partial charge on any atom is 0.508 e. The van der Waals surface area contributed by atoms with Crippen molar-refractivity contribution in [2.45, 2.75) is 31.7 Å². The number of carbonyl (C=O) groups excluding carboxylic acids is 1. The van der Waals surface area contributed by atoms with Crippen molar-refractivity contribution in [2.75, 3.05) is 26.6 Å². The Bertz CT molecular complexity index is 223. The molecule has 1 fully saturated rings. The van der Waals surface area contributed by atoms with E-state index in [4.69, 9.17) is 14.2 Å². The molecule has 0 N–H and O–H groups in total. The van der Waals surface area contributed by atoms with E-state index in [1.54, 1.807) is 7.11 Å². The minimum Gasteiger partial charge on any atom is -0.430 e. The van der Waals surface area contributed by atoms with Crippen LogP contribution in [0.15, 0.2) is 0 Å². The number of cyclic esters (lactones) is 2. The second-order valence-corrected chi connectivity index (χ2v) is 6.44. The van der Waals surface area contributed by atoms with Crippen LogP contribution < -0.4 is 0 Å². The summed E-state index contributed by atoms with van der Waals surface area (Å²) in [5, 5.41) is 0. The van der Waals surface area contributed by atoms with Crippen LogP contribution in [0.1, 0.15) is 13.3 Å². The molecule has 2 atom stereocenters. The van der Waals surface area contributed by atoms with E-state index in [2.05, 4.69) is 18.2 Å². The van der Waals surface area contributed by atoms with E-state index >= 15 is 0 Å². The van der Waals surface area contributed by atoms with Crippen LogP contribution in [0.2, 0.25) is 6.55 Å². The van der Waals surface area contributed by atoms with Gasteiger partial charge in [-0.15, -0.1) is 0 Å². The summed E-state index contributed by atoms with van der Waals surface area (Å²) in [6.45, 7) is 4.98. The Morgan fingerprint density at radius 3 is 2.88 bits per heavy atom. The lowest BCUT2D eigenvalue weighted by atomic mass is 10.4. The molecule has 1 saturated heterocycles. The van der Waals surface area contributed by atoms with E-state index in [-0.39, 0.29) is 11.8 Å². The van der Waals surface area contributed by atoms with Crippen LogP contribution in [-0.2, 0) is 18.9 Å². The normalized spacial score (nSPS) is 22.0. The number of ether oxygens (including phenoxy) is 4. The van der Waals surface area contributed by atoms with E-state index < -0.39 is 15.0 Å². The van der Waals surface area contributed by atoms with Gasteiger partial charge in [-0.05, 0) is 6.42 Å². The first-order chi connectivity index (χ1) is 7.67. The number of hydrogen-bond acceptors (Lipinski definition) is 5. The van der Waals surface area contributed by atoms with Gasteiger partial charge in [0.2, 0.25) is 0 Å². The SMILES string of the molecule is CCC(OCC1COC(=O)O1)[Si](C)COC. The molecule has 0 saturated carbocycles. The quantitative estimate of drug-likeness (QED) is 0.499. The van der Waals surface area contributed by atoms with E-state index in [9.17, 15) is 4.79 Å². The van der Waals surface area contributed by atoms with Crippen LogP contribution in [0, 0.1) is 0 Å². The number of rotatable bonds is 7. The smallest absolute Gasteiger partial charge is 0.430 e. The minimum absolute atomic E-state index is 0.226. The highest BCUT2D eigenvalue weighted by molar-refractivity contribution is 6.58. The second kappa shape index (κ2) is 6.88. The zero-order valence-electron chi connectivity index (χ0n) is 10.0. The number of hydrogen-bond donors (Lipinski definition) is 0. The van der Waals surface area contributed by atoms with Gasteiger partial charge in [0, 0.05) is 19.1 Å². The standard InChI is InChI=1S/C10H19O5Si/c1-4-9(16(3)7-12-2)13-5-8-6-14-10(11)15-8/h8-9H,4-7H2,1-3H3. The molecule has 1 heterocycles. The van der Waals surface area contributed by atoms with Gasteiger partial charge in [-0.1, -0.05) is 13.5 Å². The number of methoxy groups -OCH3 is 1. The average molecular weight is 247 g/mol. The van der Waals surface area contributed by atoms with Crippen LogP contribution in [0.3, 0.4) is 0 Å². The molecule has 0 aliphatic carbocycles. The molecule has 2 unspecified atom stereocenters. The lowest BCUT2D eigenvalue weighted by Crippen LogP contribution is -2.36. The molecule has 6 heteroatoms. The van der Waals surface area contributed by atoms with Gasteiger partial charge in [-0.25, -0.2) is 4.79 Å². The van der Waals surface area contributed by atoms with E-state index in [1.807, 2.05) is 0 Å². The Morgan fingerprint density at radius 1 is 1.62 bits per heavy atom. The van der Waals surface area contributed by atoms with Crippen LogP contribution in [0.25, 0.3) is 0 Å². The molecule has 0 bridgehead atoms. The lowest BCUT2D eigenvalue weighted by Gasteiger charge is -2.22. The Hall–Kier alpha value is -0.593. The van der Waals surface area contributed by atoms with Crippen molar-refractivity contribution in [1.29, 1.82) is 0 Å². The predicted molar refractivity (Wildman–Crippen MR) is 59.7 cm³/mol. The summed E-state index contributed by atoms with van der Waals surface area (Å²) in [6, 6.07) is 0. The largest absolute Gasteiger partial charge is 0.508 e. The fourth-order valence-electron chi connectivity index (χ4n) is 1.60. The zero-order valence-corrected chi connectivity index (χ0v) is 11.0. The summed E-state index contributed by atoms with van der Waals surface area (Å²) >= 11 is 0. The van der Waals surface area contributed by atoms with Crippen LogP contribution >= 0.6 is 0 Å². The fraction of sp³-hybridized carbons (Fsp3) is 0.900. The molecule has 1 radical (unpaired) electrons. The van der Waals surface area contributed by atoms with Gasteiger partial charge < -0.3 is 18.9 Å². The molecular weight excluding hydrogens is 228 g/mol. The molecule has 0 amide bonds. The van der Waals surface area contributed by atoms with Gasteiger partial charge in [0.1, 0.15) is 15.4 Å². The Labute approximate surface area is 97.6 Å². The second-order valence-electron chi connectivity index (χ2n) is 3.81. The Balaban J connectivity index is 2.25. The third-order valence-electron chi connectivity index (χ3n) is 2.43. The van der Waals surface area contributed by atoms with E-state index in [0.29, 0.717) is 13.2 Å². The molecule has 0 aromatic heterocycles. The molecule has 16 heavy (non-hydrogen) atoms. The Morgan fingerprint density at radius 2 is 2.38 bits per heavy atom. The monoisotopic (exact) mass is 247 g/mol. The molecule has 93 valence electrons. The molecule has 1 rings (SSSR count). The highest BCUT2D eigenvalue weighted by Gasteiger charge is 2.27. The van der Waals surface area contributed by atoms with Gasteiger partial charge in [-0.2, -0.15) is 0 Å². The fourth-order valence-corrected chi connectivity index (χ4v) is 3.32. The van der Waals surface area contributed by atoms with Crippen molar-refractivity contribution in [3.05, 3.63) is 0 Å². The third-order valence-corrected chi connectivity index (χ3v) is 4.84. The van der Waals surface area contributed by atoms with Crippen molar-refractivity contribution < 1.29 is 23.7 Å². The predicted octanol–water partition coefficient (Wildman–Crippen LogP) is 1.17. The maximum atomic E-state index is 10.7. The van der Waals surface area contributed by atoms with E-state index in [1.165, 1.54) is 0 Å². The summed E-state index contributed by atoms with van der Waals surface area (Å²) in [5.41, 5.74) is 0.226. The van der Waals surface area contributed by atoms with Crippen LogP contribution in [0.5, 0.6) is 0 Å². The van der Waals surface area contributed by atoms with Crippen LogP contribution in [-0.4, -0.2) is 53.3 Å². The van der Waals surface area contributed by atoms with Crippen molar-refractivity contribution >= 4 is 15.0 Å². The first-order valence-corrected chi connectivity index (χ1v) is 7.72. The summed E-state index contributed by atoms with van der Waals surface area (Å²) < 4.78 is 20.4. The van der Waals surface area contributed by atoms with Crippen molar-refractivity contribution in [1.82, 2.24) is 0 Å². The summed E-state index contributed by atoms with van der Waals surface area (Å²) in [7, 11) is 1.04. The molecule has 0 aromatic carbocycles. The molecule has 1 aliphatic rings. The average Bonchev–Trinajstić information content (AvgIpc) is 2.65. The summed E-state index contributed by atoms with van der Waals surface area (Å²) in [6.07, 6.45) is 0.874. The van der Waals surface area contributed by atoms with Gasteiger partial charge in [0.25, 0.3) is 0 Å². The van der Waals surface area contributed by atoms with Crippen molar-refractivity contribution in [3.63, 3.8) is 0 Å². The topological polar surface area (TPSA) is 54.0 Å². The zero-order chi connectivity index (χ0) is 12.0. The summed E-state index contributed by atoms with van der Waals surface area (Å²) in [5.74, 6) is 0. The third kappa shape index (κ3) is 4.11. The van der Waals surface area contributed by atoms with Crippen LogP contribution in [0.4, 0.5) is 4.79 Å². The molecule has 1 aliphatic heterocycles. The molecular formula is C10H19O5Si. The van der Waals surface area contributed by atoms with Gasteiger partial charge in [0.05, 0.1) is 6.61 Å². The highest BCUT2D eigenvalue weighted by atomic mass is 28.3. The van der Waals surface area contributed by atoms with Gasteiger partial charge in [0.15, 0.2) is 6.10 Å². The highest BCUT2D eigenvalue weighted by Crippen LogP contribution is 2.10. The van der Waals surface area contributed by atoms with E-state index in [0.717, 1.165) is 12.7 Å². The van der Waals surface area contributed by atoms with Gasteiger partial charge >= 0.3 is 6.16 Å².